The third-order valence-corrected chi connectivity index (χ3v) is 3.39. The van der Waals surface area contributed by atoms with E-state index >= 15 is 0 Å². The summed E-state index contributed by atoms with van der Waals surface area (Å²) in [5.74, 6) is 4.95. The van der Waals surface area contributed by atoms with Crippen LogP contribution in [0.3, 0.4) is 0 Å². The molecule has 0 unspecified atom stereocenters. The number of rotatable bonds is 6. The number of hydrogen-bond acceptors (Lipinski definition) is 6. The molecule has 1 aromatic heterocycles. The first-order valence-corrected chi connectivity index (χ1v) is 6.67. The summed E-state index contributed by atoms with van der Waals surface area (Å²) >= 11 is 0. The summed E-state index contributed by atoms with van der Waals surface area (Å²) in [6, 6.07) is 2.57. The molecule has 0 aliphatic carbocycles. The monoisotopic (exact) mass is 273 g/mol. The number of hydrazine groups is 1. The Morgan fingerprint density at radius 2 is 2.22 bits per heavy atom. The molecule has 18 heavy (non-hydrogen) atoms. The highest BCUT2D eigenvalue weighted by atomic mass is 32.2. The van der Waals surface area contributed by atoms with E-state index in [1.165, 1.54) is 18.3 Å². The smallest absolute Gasteiger partial charge is 0.241 e. The molecule has 1 rings (SSSR count). The van der Waals surface area contributed by atoms with Gasteiger partial charge >= 0.3 is 0 Å². The zero-order valence-corrected chi connectivity index (χ0v) is 10.6. The van der Waals surface area contributed by atoms with Crippen LogP contribution in [-0.2, 0) is 14.8 Å². The number of carbonyl (C=O) groups excluding carboxylic acids is 1. The Hall–Kier alpha value is -1.71. The fraction of sp³-hybridized carbons (Fsp3) is 0.333. The van der Waals surface area contributed by atoms with E-state index in [2.05, 4.69) is 20.4 Å². The van der Waals surface area contributed by atoms with Crippen LogP contribution in [0, 0.1) is 0 Å². The molecule has 1 aromatic rings. The quantitative estimate of drug-likeness (QED) is 0.380. The molecule has 0 fully saturated rings. The van der Waals surface area contributed by atoms with Crippen molar-refractivity contribution in [2.75, 3.05) is 18.5 Å². The number of nitrogens with two attached hydrogens (primary N) is 1. The number of pyridine rings is 1. The van der Waals surface area contributed by atoms with E-state index in [4.69, 9.17) is 5.84 Å². The molecule has 0 atom stereocenters. The Bertz CT molecular complexity index is 517. The molecule has 0 bridgehead atoms. The summed E-state index contributed by atoms with van der Waals surface area (Å²) in [7, 11) is -3.75. The molecule has 8 nitrogen and oxygen atoms in total. The van der Waals surface area contributed by atoms with Crippen LogP contribution in [0.15, 0.2) is 23.2 Å². The summed E-state index contributed by atoms with van der Waals surface area (Å²) in [6.07, 6.45) is 1.30. The van der Waals surface area contributed by atoms with Crippen LogP contribution in [0.25, 0.3) is 0 Å². The molecule has 9 heteroatoms. The van der Waals surface area contributed by atoms with Gasteiger partial charge in [0.25, 0.3) is 0 Å². The summed E-state index contributed by atoms with van der Waals surface area (Å²) in [5, 5.41) is 2.48. The number of nitrogen functional groups attached to an aromatic ring is 1. The van der Waals surface area contributed by atoms with E-state index < -0.39 is 15.9 Å². The van der Waals surface area contributed by atoms with Crippen LogP contribution >= 0.6 is 0 Å². The maximum atomic E-state index is 11.8. The predicted molar refractivity (Wildman–Crippen MR) is 65.9 cm³/mol. The number of nitrogens with one attached hydrogen (secondary N) is 3. The third kappa shape index (κ3) is 3.95. The van der Waals surface area contributed by atoms with Crippen LogP contribution in [0.2, 0.25) is 0 Å². The molecular formula is C9H15N5O3S. The number of hydrogen-bond donors (Lipinski definition) is 4. The van der Waals surface area contributed by atoms with E-state index in [0.29, 0.717) is 6.54 Å². The highest BCUT2D eigenvalue weighted by Gasteiger charge is 2.15. The minimum atomic E-state index is -3.75. The highest BCUT2D eigenvalue weighted by Crippen LogP contribution is 2.11. The van der Waals surface area contributed by atoms with Crippen molar-refractivity contribution in [2.24, 2.45) is 5.84 Å². The molecule has 0 saturated heterocycles. The third-order valence-electron chi connectivity index (χ3n) is 1.99. The van der Waals surface area contributed by atoms with Gasteiger partial charge in [-0.25, -0.2) is 24.0 Å². The molecule has 1 heterocycles. The molecule has 5 N–H and O–H groups in total. The number of anilines is 1. The van der Waals surface area contributed by atoms with E-state index in [9.17, 15) is 13.2 Å². The van der Waals surface area contributed by atoms with Crippen molar-refractivity contribution in [3.8, 4) is 0 Å². The van der Waals surface area contributed by atoms with Gasteiger partial charge in [-0.1, -0.05) is 0 Å². The average Bonchev–Trinajstić information content (AvgIpc) is 2.37. The number of aromatic nitrogens is 1. The second-order valence-electron chi connectivity index (χ2n) is 3.30. The summed E-state index contributed by atoms with van der Waals surface area (Å²) in [4.78, 5) is 14.9. The lowest BCUT2D eigenvalue weighted by Crippen LogP contribution is -2.36. The molecule has 0 spiro atoms. The summed E-state index contributed by atoms with van der Waals surface area (Å²) in [6.45, 7) is 1.87. The minimum Gasteiger partial charge on any atom is -0.355 e. The molecule has 0 aliphatic heterocycles. The zero-order valence-electron chi connectivity index (χ0n) is 9.80. The predicted octanol–water partition coefficient (Wildman–Crippen LogP) is -1.22. The van der Waals surface area contributed by atoms with Crippen molar-refractivity contribution >= 4 is 21.7 Å². The molecule has 0 aliphatic rings. The lowest BCUT2D eigenvalue weighted by Gasteiger charge is -2.07. The van der Waals surface area contributed by atoms with Gasteiger partial charge in [0.05, 0.1) is 11.4 Å². The van der Waals surface area contributed by atoms with Gasteiger partial charge in [-0.3, -0.25) is 4.79 Å². The molecular weight excluding hydrogens is 258 g/mol. The van der Waals surface area contributed by atoms with Gasteiger partial charge in [0, 0.05) is 18.8 Å². The number of carbonyl (C=O) groups is 1. The Morgan fingerprint density at radius 1 is 1.50 bits per heavy atom. The van der Waals surface area contributed by atoms with Crippen molar-refractivity contribution in [3.63, 3.8) is 0 Å². The number of nitrogens with zero attached hydrogens (tertiary/aromatic N) is 1. The topological polar surface area (TPSA) is 126 Å². The van der Waals surface area contributed by atoms with E-state index in [0.717, 1.165) is 0 Å². The van der Waals surface area contributed by atoms with E-state index in [1.54, 1.807) is 6.92 Å². The maximum absolute atomic E-state index is 11.8. The number of amides is 1. The van der Waals surface area contributed by atoms with Crippen LogP contribution in [0.1, 0.15) is 6.92 Å². The molecule has 100 valence electrons. The lowest BCUT2D eigenvalue weighted by molar-refractivity contribution is -0.119. The van der Waals surface area contributed by atoms with Gasteiger partial charge < -0.3 is 10.7 Å². The van der Waals surface area contributed by atoms with Gasteiger partial charge in [-0.15, -0.1) is 0 Å². The Morgan fingerprint density at radius 3 is 2.83 bits per heavy atom. The molecule has 0 saturated carbocycles. The zero-order chi connectivity index (χ0) is 13.6. The van der Waals surface area contributed by atoms with Crippen molar-refractivity contribution < 1.29 is 13.2 Å². The van der Waals surface area contributed by atoms with Crippen LogP contribution in [0.4, 0.5) is 5.82 Å². The number of likely N-dealkylation sites (N-methyl/N-ethyl adjacent to an activating group) is 1. The highest BCUT2D eigenvalue weighted by molar-refractivity contribution is 7.89. The second kappa shape index (κ2) is 6.28. The summed E-state index contributed by atoms with van der Waals surface area (Å²) in [5.41, 5.74) is 2.24. The van der Waals surface area contributed by atoms with Crippen LogP contribution < -0.4 is 21.3 Å². The van der Waals surface area contributed by atoms with Gasteiger partial charge in [0.1, 0.15) is 5.82 Å². The fourth-order valence-corrected chi connectivity index (χ4v) is 2.16. The van der Waals surface area contributed by atoms with Gasteiger partial charge in [-0.2, -0.15) is 0 Å². The van der Waals surface area contributed by atoms with Gasteiger partial charge in [-0.05, 0) is 13.0 Å². The van der Waals surface area contributed by atoms with Crippen molar-refractivity contribution in [3.05, 3.63) is 18.3 Å². The minimum absolute atomic E-state index is 0.0188. The summed E-state index contributed by atoms with van der Waals surface area (Å²) < 4.78 is 25.8. The second-order valence-corrected chi connectivity index (χ2v) is 5.07. The standard InChI is InChI=1S/C9H15N5O3S/c1-2-11-9(15)6-13-18(16,17)7-3-4-12-8(5-7)14-10/h3-5,13H,2,6,10H2,1H3,(H,11,15)(H,12,14). The van der Waals surface area contributed by atoms with Crippen molar-refractivity contribution in [2.45, 2.75) is 11.8 Å². The first-order valence-electron chi connectivity index (χ1n) is 5.18. The lowest BCUT2D eigenvalue weighted by atomic mass is 10.5. The SMILES string of the molecule is CCNC(=O)CNS(=O)(=O)c1ccnc(NN)c1. The normalized spacial score (nSPS) is 11.0. The molecule has 0 radical (unpaired) electrons. The maximum Gasteiger partial charge on any atom is 0.241 e. The largest absolute Gasteiger partial charge is 0.355 e. The van der Waals surface area contributed by atoms with Crippen LogP contribution in [0.5, 0.6) is 0 Å². The van der Waals surface area contributed by atoms with Crippen LogP contribution in [-0.4, -0.2) is 32.4 Å². The van der Waals surface area contributed by atoms with E-state index in [-0.39, 0.29) is 17.3 Å². The molecule has 0 aromatic carbocycles. The first-order chi connectivity index (χ1) is 8.49. The Balaban J connectivity index is 2.76. The average molecular weight is 273 g/mol. The fourth-order valence-electron chi connectivity index (χ4n) is 1.16. The molecule has 1 amide bonds. The number of sulfonamides is 1. The van der Waals surface area contributed by atoms with Crippen molar-refractivity contribution in [1.82, 2.24) is 15.0 Å². The van der Waals surface area contributed by atoms with E-state index in [1.807, 2.05) is 0 Å². The van der Waals surface area contributed by atoms with Gasteiger partial charge in [0.15, 0.2) is 0 Å². The van der Waals surface area contributed by atoms with Gasteiger partial charge in [0.2, 0.25) is 15.9 Å². The Labute approximate surface area is 105 Å². The van der Waals surface area contributed by atoms with Crippen molar-refractivity contribution in [1.29, 1.82) is 0 Å². The first kappa shape index (κ1) is 14.4. The Kier molecular flexibility index (Phi) is 5.01.